The van der Waals surface area contributed by atoms with Crippen LogP contribution in [0.15, 0.2) is 210 Å². The van der Waals surface area contributed by atoms with Crippen LogP contribution in [0, 0.1) is 0 Å². The van der Waals surface area contributed by atoms with Crippen molar-refractivity contribution < 1.29 is 4.74 Å². The van der Waals surface area contributed by atoms with Gasteiger partial charge in [0.2, 0.25) is 0 Å². The number of fused-ring (bicyclic) bond motifs is 13. The van der Waals surface area contributed by atoms with Crippen molar-refractivity contribution in [3.8, 4) is 56.7 Å². The lowest BCUT2D eigenvalue weighted by atomic mass is 9.66. The van der Waals surface area contributed by atoms with Gasteiger partial charge in [0.1, 0.15) is 11.5 Å². The predicted molar refractivity (Wildman–Crippen MR) is 248 cm³/mol. The van der Waals surface area contributed by atoms with E-state index in [4.69, 9.17) is 24.7 Å². The SMILES string of the molecule is c1ccc(-c2nc(-c3cccc(-c4cnc5c(c4)C4(c6ccccc6Oc6c4ccc4c6Sc6ccccc6N4c4ccccc4)c4cccnc4-5)c3)nc3ccccc23)cc1. The average Bonchev–Trinajstić information content (AvgIpc) is 3.63. The molecule has 62 heavy (non-hydrogen) atoms. The van der Waals surface area contributed by atoms with Gasteiger partial charge in [0.05, 0.1) is 44.3 Å². The summed E-state index contributed by atoms with van der Waals surface area (Å²) in [6.07, 6.45) is 3.85. The lowest BCUT2D eigenvalue weighted by molar-refractivity contribution is 0.426. The minimum absolute atomic E-state index is 0.673. The zero-order valence-corrected chi connectivity index (χ0v) is 33.9. The molecule has 0 saturated heterocycles. The minimum Gasteiger partial charge on any atom is -0.455 e. The van der Waals surface area contributed by atoms with Crippen LogP contribution in [0.4, 0.5) is 17.1 Å². The van der Waals surface area contributed by atoms with Crippen molar-refractivity contribution >= 4 is 39.7 Å². The van der Waals surface area contributed by atoms with E-state index in [2.05, 4.69) is 169 Å². The molecule has 290 valence electrons. The van der Waals surface area contributed by atoms with E-state index in [1.807, 2.05) is 36.7 Å². The molecule has 0 N–H and O–H groups in total. The summed E-state index contributed by atoms with van der Waals surface area (Å²) in [5.74, 6) is 2.34. The van der Waals surface area contributed by atoms with Crippen LogP contribution in [-0.2, 0) is 5.41 Å². The first-order valence-electron chi connectivity index (χ1n) is 20.7. The standard InChI is InChI=1S/C55H33N5OS/c1-3-15-34(16-4-1)49-39-21-7-9-24-44(39)58-54(59-49)36-18-13-17-35(31-36)37-32-43-51(57-33-37)50-41(23-14-30-56-50)55(43)40-22-8-11-26-47(40)61-52-42(55)28-29-46-53(52)62-48-27-12-10-25-45(48)60(46)38-19-5-2-6-20-38/h1-33H. The van der Waals surface area contributed by atoms with Crippen LogP contribution < -0.4 is 9.64 Å². The summed E-state index contributed by atoms with van der Waals surface area (Å²) in [5.41, 5.74) is 14.4. The molecule has 1 unspecified atom stereocenters. The van der Waals surface area contributed by atoms with Crippen molar-refractivity contribution in [2.45, 2.75) is 15.2 Å². The first-order chi connectivity index (χ1) is 30.7. The molecule has 0 bridgehead atoms. The number of anilines is 3. The summed E-state index contributed by atoms with van der Waals surface area (Å²) in [5, 5.41) is 1.02. The van der Waals surface area contributed by atoms with Crippen LogP contribution in [0.25, 0.3) is 56.1 Å². The molecule has 1 atom stereocenters. The van der Waals surface area contributed by atoms with Crippen LogP contribution >= 0.6 is 11.8 Å². The van der Waals surface area contributed by atoms with Crippen LogP contribution in [0.2, 0.25) is 0 Å². The van der Waals surface area contributed by atoms with Gasteiger partial charge in [0.25, 0.3) is 0 Å². The fraction of sp³-hybridized carbons (Fsp3) is 0.0182. The highest BCUT2D eigenvalue weighted by molar-refractivity contribution is 7.99. The van der Waals surface area contributed by atoms with E-state index in [0.29, 0.717) is 5.82 Å². The number of hydrogen-bond donors (Lipinski definition) is 0. The topological polar surface area (TPSA) is 64.0 Å². The lowest BCUT2D eigenvalue weighted by Crippen LogP contribution is -2.33. The quantitative estimate of drug-likeness (QED) is 0.175. The number of pyridine rings is 2. The van der Waals surface area contributed by atoms with E-state index >= 15 is 0 Å². The minimum atomic E-state index is -0.764. The van der Waals surface area contributed by atoms with Crippen molar-refractivity contribution in [3.63, 3.8) is 0 Å². The zero-order chi connectivity index (χ0) is 40.8. The molecule has 5 heterocycles. The molecule has 0 radical (unpaired) electrons. The summed E-state index contributed by atoms with van der Waals surface area (Å²) in [7, 11) is 0. The number of benzene rings is 7. The van der Waals surface area contributed by atoms with Crippen LogP contribution in [0.5, 0.6) is 11.5 Å². The second kappa shape index (κ2) is 13.6. The first kappa shape index (κ1) is 34.9. The maximum atomic E-state index is 7.14. The van der Waals surface area contributed by atoms with E-state index < -0.39 is 5.41 Å². The third kappa shape index (κ3) is 5.06. The lowest BCUT2D eigenvalue weighted by Gasteiger charge is -2.41. The molecule has 3 aromatic heterocycles. The van der Waals surface area contributed by atoms with Crippen LogP contribution in [0.3, 0.4) is 0 Å². The molecule has 0 amide bonds. The molecule has 1 spiro atoms. The molecule has 6 nitrogen and oxygen atoms in total. The normalized spacial score (nSPS) is 15.2. The van der Waals surface area contributed by atoms with Gasteiger partial charge < -0.3 is 9.64 Å². The van der Waals surface area contributed by atoms with Crippen molar-refractivity contribution in [3.05, 3.63) is 223 Å². The van der Waals surface area contributed by atoms with E-state index in [9.17, 15) is 0 Å². The summed E-state index contributed by atoms with van der Waals surface area (Å²) >= 11 is 1.76. The van der Waals surface area contributed by atoms with Gasteiger partial charge in [-0.1, -0.05) is 139 Å². The molecular formula is C55H33N5OS. The second-order valence-corrected chi connectivity index (χ2v) is 16.8. The Labute approximate surface area is 362 Å². The molecule has 13 rings (SSSR count). The maximum Gasteiger partial charge on any atom is 0.160 e. The Morgan fingerprint density at radius 2 is 1.23 bits per heavy atom. The number of para-hydroxylation sites is 4. The number of aromatic nitrogens is 4. The Morgan fingerprint density at radius 3 is 2.15 bits per heavy atom. The average molecular weight is 812 g/mol. The summed E-state index contributed by atoms with van der Waals surface area (Å²) < 4.78 is 7.14. The van der Waals surface area contributed by atoms with Crippen LogP contribution in [-0.4, -0.2) is 19.9 Å². The Balaban J connectivity index is 1.02. The number of hydrogen-bond acceptors (Lipinski definition) is 7. The van der Waals surface area contributed by atoms with Gasteiger partial charge in [0, 0.05) is 61.7 Å². The molecule has 2 aliphatic heterocycles. The summed E-state index contributed by atoms with van der Waals surface area (Å²) in [4.78, 5) is 25.2. The van der Waals surface area contributed by atoms with E-state index in [1.165, 1.54) is 0 Å². The van der Waals surface area contributed by atoms with E-state index in [-0.39, 0.29) is 0 Å². The molecular weight excluding hydrogens is 779 g/mol. The molecule has 7 heteroatoms. The molecule has 3 aliphatic rings. The fourth-order valence-electron chi connectivity index (χ4n) is 9.75. The molecule has 0 saturated carbocycles. The van der Waals surface area contributed by atoms with Gasteiger partial charge in [-0.25, -0.2) is 9.97 Å². The van der Waals surface area contributed by atoms with Crippen molar-refractivity contribution in [2.75, 3.05) is 4.90 Å². The second-order valence-electron chi connectivity index (χ2n) is 15.8. The molecule has 7 aromatic carbocycles. The fourth-order valence-corrected chi connectivity index (χ4v) is 10.9. The Morgan fingerprint density at radius 1 is 0.484 bits per heavy atom. The van der Waals surface area contributed by atoms with Crippen molar-refractivity contribution in [1.29, 1.82) is 0 Å². The van der Waals surface area contributed by atoms with Gasteiger partial charge in [-0.05, 0) is 71.8 Å². The van der Waals surface area contributed by atoms with E-state index in [0.717, 1.165) is 111 Å². The summed E-state index contributed by atoms with van der Waals surface area (Å²) in [6.45, 7) is 0. The summed E-state index contributed by atoms with van der Waals surface area (Å²) in [6, 6.07) is 65.9. The Bertz CT molecular complexity index is 3450. The number of nitrogens with zero attached hydrogens (tertiary/aromatic N) is 5. The molecule has 0 fully saturated rings. The third-order valence-corrected chi connectivity index (χ3v) is 13.6. The monoisotopic (exact) mass is 811 g/mol. The highest BCUT2D eigenvalue weighted by Gasteiger charge is 2.53. The smallest absolute Gasteiger partial charge is 0.160 e. The van der Waals surface area contributed by atoms with Gasteiger partial charge >= 0.3 is 0 Å². The zero-order valence-electron chi connectivity index (χ0n) is 33.1. The Hall–Kier alpha value is -7.87. The highest BCUT2D eigenvalue weighted by atomic mass is 32.2. The van der Waals surface area contributed by atoms with Gasteiger partial charge in [-0.3, -0.25) is 9.97 Å². The first-order valence-corrected chi connectivity index (χ1v) is 21.5. The largest absolute Gasteiger partial charge is 0.455 e. The third-order valence-electron chi connectivity index (χ3n) is 12.4. The van der Waals surface area contributed by atoms with E-state index in [1.54, 1.807) is 11.8 Å². The van der Waals surface area contributed by atoms with Crippen molar-refractivity contribution in [2.24, 2.45) is 0 Å². The molecule has 10 aromatic rings. The molecule has 1 aliphatic carbocycles. The highest BCUT2D eigenvalue weighted by Crippen LogP contribution is 2.65. The van der Waals surface area contributed by atoms with Gasteiger partial charge in [-0.2, -0.15) is 0 Å². The predicted octanol–water partition coefficient (Wildman–Crippen LogP) is 13.8. The maximum absolute atomic E-state index is 7.14. The Kier molecular flexibility index (Phi) is 7.65. The van der Waals surface area contributed by atoms with Gasteiger partial charge in [0.15, 0.2) is 5.82 Å². The van der Waals surface area contributed by atoms with Crippen molar-refractivity contribution in [1.82, 2.24) is 19.9 Å². The van der Waals surface area contributed by atoms with Crippen LogP contribution in [0.1, 0.15) is 22.3 Å². The number of ether oxygens (including phenoxy) is 1. The number of rotatable bonds is 4. The van der Waals surface area contributed by atoms with Gasteiger partial charge in [-0.15, -0.1) is 0 Å².